The van der Waals surface area contributed by atoms with E-state index in [0.717, 1.165) is 10.6 Å². The Morgan fingerprint density at radius 2 is 1.73 bits per heavy atom. The maximum atomic E-state index is 13.6. The van der Waals surface area contributed by atoms with E-state index < -0.39 is 9.73 Å². The maximum Gasteiger partial charge on any atom is 0.0809 e. The Morgan fingerprint density at radius 1 is 1.09 bits per heavy atom. The van der Waals surface area contributed by atoms with E-state index in [1.807, 2.05) is 49.4 Å². The third-order valence-corrected chi connectivity index (χ3v) is 7.42. The molecule has 0 N–H and O–H groups in total. The van der Waals surface area contributed by atoms with Crippen LogP contribution in [0.4, 0.5) is 5.69 Å². The normalized spacial score (nSPS) is 27.3. The minimum absolute atomic E-state index is 0.125. The molecule has 1 heterocycles. The quantitative estimate of drug-likeness (QED) is 0.760. The van der Waals surface area contributed by atoms with Crippen LogP contribution in [0.1, 0.15) is 31.9 Å². The van der Waals surface area contributed by atoms with Crippen LogP contribution < -0.4 is 0 Å². The molecule has 0 bridgehead atoms. The Balaban J connectivity index is 2.25. The van der Waals surface area contributed by atoms with Crippen LogP contribution in [0.25, 0.3) is 0 Å². The topological polar surface area (TPSA) is 29.4 Å². The minimum Gasteiger partial charge on any atom is -0.244 e. The standard InChI is InChI=1S/C19H23NOS/c1-14(2)19(4)13-22(21,16-11-9-15(3)10-12-16)20-18-8-6-5-7-17(18)19/h5-12,14H,13H2,1-4H3/t19-,22-/m0/s1. The first-order chi connectivity index (χ1) is 10.3. The van der Waals surface area contributed by atoms with Gasteiger partial charge in [-0.3, -0.25) is 0 Å². The van der Waals surface area contributed by atoms with Crippen molar-refractivity contribution >= 4 is 15.4 Å². The van der Waals surface area contributed by atoms with Gasteiger partial charge in [-0.15, -0.1) is 0 Å². The zero-order valence-electron chi connectivity index (χ0n) is 13.7. The van der Waals surface area contributed by atoms with Crippen molar-refractivity contribution in [1.29, 1.82) is 0 Å². The van der Waals surface area contributed by atoms with E-state index in [1.165, 1.54) is 11.1 Å². The molecule has 0 spiro atoms. The van der Waals surface area contributed by atoms with Crippen LogP contribution in [-0.2, 0) is 15.1 Å². The lowest BCUT2D eigenvalue weighted by Gasteiger charge is -2.39. The Labute approximate surface area is 133 Å². The second kappa shape index (κ2) is 5.24. The van der Waals surface area contributed by atoms with Crippen LogP contribution >= 0.6 is 0 Å². The summed E-state index contributed by atoms with van der Waals surface area (Å²) in [4.78, 5) is 0.847. The van der Waals surface area contributed by atoms with Crippen LogP contribution in [0.3, 0.4) is 0 Å². The molecule has 2 aromatic rings. The lowest BCUT2D eigenvalue weighted by Crippen LogP contribution is -2.38. The molecule has 2 nitrogen and oxygen atoms in total. The van der Waals surface area contributed by atoms with Crippen LogP contribution in [0, 0.1) is 12.8 Å². The molecule has 0 radical (unpaired) electrons. The molecule has 1 aliphatic rings. The predicted octanol–water partition coefficient (Wildman–Crippen LogP) is 5.08. The van der Waals surface area contributed by atoms with Crippen molar-refractivity contribution in [3.05, 3.63) is 59.7 Å². The first-order valence-electron chi connectivity index (χ1n) is 7.76. The van der Waals surface area contributed by atoms with Crippen molar-refractivity contribution in [2.75, 3.05) is 5.75 Å². The fourth-order valence-corrected chi connectivity index (χ4v) is 5.75. The first-order valence-corrected chi connectivity index (χ1v) is 9.45. The molecular formula is C19H23NOS. The molecule has 3 rings (SSSR count). The van der Waals surface area contributed by atoms with Gasteiger partial charge in [0.05, 0.1) is 15.4 Å². The van der Waals surface area contributed by atoms with Gasteiger partial charge in [-0.1, -0.05) is 56.7 Å². The van der Waals surface area contributed by atoms with Gasteiger partial charge in [-0.05, 0) is 36.6 Å². The summed E-state index contributed by atoms with van der Waals surface area (Å²) in [5, 5.41) is 0. The molecule has 0 fully saturated rings. The van der Waals surface area contributed by atoms with Crippen molar-refractivity contribution < 1.29 is 4.21 Å². The molecule has 0 aromatic heterocycles. The van der Waals surface area contributed by atoms with Gasteiger partial charge in [0.2, 0.25) is 0 Å². The van der Waals surface area contributed by atoms with E-state index in [-0.39, 0.29) is 5.41 Å². The minimum atomic E-state index is -2.43. The van der Waals surface area contributed by atoms with Crippen LogP contribution in [0.5, 0.6) is 0 Å². The van der Waals surface area contributed by atoms with Crippen LogP contribution in [0.15, 0.2) is 57.8 Å². The lowest BCUT2D eigenvalue weighted by molar-refractivity contribution is 0.374. The average molecular weight is 313 g/mol. The first kappa shape index (κ1) is 15.3. The number of hydrogen-bond donors (Lipinski definition) is 0. The predicted molar refractivity (Wildman–Crippen MR) is 93.2 cm³/mol. The molecule has 0 aliphatic carbocycles. The van der Waals surface area contributed by atoms with E-state index in [0.29, 0.717) is 11.7 Å². The van der Waals surface area contributed by atoms with Gasteiger partial charge in [0.1, 0.15) is 0 Å². The monoisotopic (exact) mass is 313 g/mol. The molecule has 0 saturated carbocycles. The molecule has 2 atom stereocenters. The summed E-state index contributed by atoms with van der Waals surface area (Å²) in [6.07, 6.45) is 0. The van der Waals surface area contributed by atoms with E-state index in [1.54, 1.807) is 0 Å². The van der Waals surface area contributed by atoms with Gasteiger partial charge in [-0.25, -0.2) is 4.21 Å². The smallest absolute Gasteiger partial charge is 0.0809 e. The molecule has 116 valence electrons. The van der Waals surface area contributed by atoms with Gasteiger partial charge in [0.15, 0.2) is 0 Å². The number of aryl methyl sites for hydroxylation is 1. The van der Waals surface area contributed by atoms with Gasteiger partial charge in [0, 0.05) is 16.1 Å². The zero-order valence-corrected chi connectivity index (χ0v) is 14.5. The van der Waals surface area contributed by atoms with Crippen molar-refractivity contribution in [2.24, 2.45) is 10.3 Å². The molecule has 0 amide bonds. The molecule has 2 aromatic carbocycles. The summed E-state index contributed by atoms with van der Waals surface area (Å²) in [6.45, 7) is 8.68. The van der Waals surface area contributed by atoms with Gasteiger partial charge >= 0.3 is 0 Å². The second-order valence-electron chi connectivity index (χ2n) is 6.78. The van der Waals surface area contributed by atoms with Crippen molar-refractivity contribution in [3.8, 4) is 0 Å². The van der Waals surface area contributed by atoms with Crippen molar-refractivity contribution in [1.82, 2.24) is 0 Å². The Kier molecular flexibility index (Phi) is 3.64. The van der Waals surface area contributed by atoms with E-state index in [2.05, 4.69) is 31.2 Å². The molecule has 22 heavy (non-hydrogen) atoms. The second-order valence-corrected chi connectivity index (χ2v) is 9.00. The summed E-state index contributed by atoms with van der Waals surface area (Å²) in [5.74, 6) is 0.980. The number of fused-ring (bicyclic) bond motifs is 1. The fraction of sp³-hybridized carbons (Fsp3) is 0.368. The maximum absolute atomic E-state index is 13.6. The van der Waals surface area contributed by atoms with Gasteiger partial charge in [-0.2, -0.15) is 4.36 Å². The lowest BCUT2D eigenvalue weighted by atomic mass is 9.74. The average Bonchev–Trinajstić information content (AvgIpc) is 2.47. The highest BCUT2D eigenvalue weighted by molar-refractivity contribution is 7.93. The molecule has 0 unspecified atom stereocenters. The van der Waals surface area contributed by atoms with E-state index >= 15 is 0 Å². The van der Waals surface area contributed by atoms with Crippen LogP contribution in [0.2, 0.25) is 0 Å². The largest absolute Gasteiger partial charge is 0.244 e. The fourth-order valence-electron chi connectivity index (χ4n) is 3.08. The Bertz CT molecular complexity index is 814. The highest BCUT2D eigenvalue weighted by Crippen LogP contribution is 2.44. The number of hydrogen-bond acceptors (Lipinski definition) is 2. The Morgan fingerprint density at radius 3 is 2.36 bits per heavy atom. The third kappa shape index (κ3) is 2.38. The SMILES string of the molecule is Cc1ccc([S@]2(=O)=Nc3ccccc3[C@](C)(C(C)C)C2)cc1. The summed E-state index contributed by atoms with van der Waals surface area (Å²) in [7, 11) is -2.43. The number of nitrogens with zero attached hydrogens (tertiary/aromatic N) is 1. The highest BCUT2D eigenvalue weighted by atomic mass is 32.2. The summed E-state index contributed by atoms with van der Waals surface area (Å²) in [5.41, 5.74) is 3.15. The summed E-state index contributed by atoms with van der Waals surface area (Å²) < 4.78 is 18.3. The Hall–Kier alpha value is -1.61. The van der Waals surface area contributed by atoms with Crippen LogP contribution in [-0.4, -0.2) is 9.96 Å². The summed E-state index contributed by atoms with van der Waals surface area (Å²) in [6, 6.07) is 16.1. The third-order valence-electron chi connectivity index (χ3n) is 4.92. The van der Waals surface area contributed by atoms with Gasteiger partial charge < -0.3 is 0 Å². The summed E-state index contributed by atoms with van der Waals surface area (Å²) >= 11 is 0. The highest BCUT2D eigenvalue weighted by Gasteiger charge is 2.40. The van der Waals surface area contributed by atoms with Crippen molar-refractivity contribution in [2.45, 2.75) is 38.0 Å². The number of benzene rings is 2. The van der Waals surface area contributed by atoms with E-state index in [4.69, 9.17) is 0 Å². The zero-order chi connectivity index (χ0) is 16.0. The molecular weight excluding hydrogens is 290 g/mol. The van der Waals surface area contributed by atoms with E-state index in [9.17, 15) is 4.21 Å². The molecule has 3 heteroatoms. The molecule has 0 saturated heterocycles. The number of rotatable bonds is 2. The van der Waals surface area contributed by atoms with Crippen molar-refractivity contribution in [3.63, 3.8) is 0 Å². The molecule has 1 aliphatic heterocycles. The van der Waals surface area contributed by atoms with Gasteiger partial charge in [0.25, 0.3) is 0 Å².